The smallest absolute Gasteiger partial charge is 0.0726 e. The number of benzene rings is 16. The van der Waals surface area contributed by atoms with E-state index in [0.717, 1.165) is 11.4 Å². The number of aromatic nitrogens is 2. The molecule has 464 valence electrons. The summed E-state index contributed by atoms with van der Waals surface area (Å²) in [5.74, 6) is 0. The van der Waals surface area contributed by atoms with Crippen molar-refractivity contribution in [1.82, 2.24) is 9.13 Å². The van der Waals surface area contributed by atoms with Crippen LogP contribution < -0.4 is 0 Å². The summed E-state index contributed by atoms with van der Waals surface area (Å²) in [5, 5.41) is 15.3. The Morgan fingerprint density at radius 1 is 0.230 bits per heavy atom. The Kier molecular flexibility index (Phi) is 11.0. The van der Waals surface area contributed by atoms with Gasteiger partial charge in [-0.05, 0) is 219 Å². The first-order chi connectivity index (χ1) is 49.3. The molecule has 3 aliphatic rings. The Morgan fingerprint density at radius 2 is 0.680 bits per heavy atom. The number of fused-ring (bicyclic) bond motifs is 29. The maximum atomic E-state index is 2.61. The molecule has 0 bridgehead atoms. The largest absolute Gasteiger partial charge is 0.309 e. The molecule has 0 amide bonds. The summed E-state index contributed by atoms with van der Waals surface area (Å²) in [7, 11) is 0. The molecule has 0 radical (unpaired) electrons. The normalized spacial score (nSPS) is 13.9. The number of rotatable bonds is 5. The second-order valence-electron chi connectivity index (χ2n) is 28.5. The lowest BCUT2D eigenvalue weighted by molar-refractivity contribution is 0.661. The van der Waals surface area contributed by atoms with Crippen molar-refractivity contribution in [3.8, 4) is 78.1 Å². The van der Waals surface area contributed by atoms with Crippen LogP contribution in [0.2, 0.25) is 0 Å². The van der Waals surface area contributed by atoms with Crippen molar-refractivity contribution in [2.45, 2.75) is 24.7 Å². The molecule has 4 heteroatoms. The maximum Gasteiger partial charge on any atom is 0.0726 e. The monoisotopic (exact) mass is 1300 g/mol. The van der Waals surface area contributed by atoms with E-state index in [1.165, 1.54) is 206 Å². The van der Waals surface area contributed by atoms with Gasteiger partial charge in [0.25, 0.3) is 0 Å². The standard InChI is InChI=1S/C96H58N2S2/c1-95(2)77-34-12-7-30-68(77)73-51-75-85(53-81(73)95)97(83-44-41-55-20-3-5-26-63(55)91(75)83)62-25-18-23-59(47-62)71-49-60(50-90-94(71)70-32-11-16-38-88(70)100-90)57-40-43-80-72(48-57)74-52-76-86(54-82(74)96(80)78-35-13-8-28-66(78)67-29-9-14-36-79(67)96)98(84-45-42-56-21-4-6-27-64(56)92(76)84)61-24-17-22-58(46-61)65-33-19-39-89-93(65)69-31-10-15-37-87(69)99-89/h3-54H,1-2H3. The number of thiophene rings is 2. The minimum absolute atomic E-state index is 0.157. The molecule has 0 unspecified atom stereocenters. The third-order valence-corrected chi connectivity index (χ3v) is 25.5. The second-order valence-corrected chi connectivity index (χ2v) is 30.7. The predicted molar refractivity (Wildman–Crippen MR) is 426 cm³/mol. The minimum Gasteiger partial charge on any atom is -0.309 e. The van der Waals surface area contributed by atoms with Crippen LogP contribution in [0.5, 0.6) is 0 Å². The lowest BCUT2D eigenvalue weighted by atomic mass is 9.70. The van der Waals surface area contributed by atoms with Gasteiger partial charge in [-0.2, -0.15) is 0 Å². The van der Waals surface area contributed by atoms with Gasteiger partial charge in [0, 0.05) is 78.7 Å². The topological polar surface area (TPSA) is 9.86 Å². The molecule has 1 spiro atoms. The highest BCUT2D eigenvalue weighted by atomic mass is 32.1. The van der Waals surface area contributed by atoms with Gasteiger partial charge in [-0.15, -0.1) is 22.7 Å². The maximum absolute atomic E-state index is 2.61. The van der Waals surface area contributed by atoms with Crippen molar-refractivity contribution in [2.75, 3.05) is 0 Å². The first-order valence-corrected chi connectivity index (χ1v) is 36.5. The summed E-state index contributed by atoms with van der Waals surface area (Å²) in [5.41, 5.74) is 29.6. The van der Waals surface area contributed by atoms with Gasteiger partial charge in [0.2, 0.25) is 0 Å². The zero-order chi connectivity index (χ0) is 65.4. The Bertz CT molecular complexity index is 7030. The van der Waals surface area contributed by atoms with Crippen LogP contribution in [-0.4, -0.2) is 9.13 Å². The molecule has 0 aliphatic heterocycles. The van der Waals surface area contributed by atoms with Crippen molar-refractivity contribution in [1.29, 1.82) is 0 Å². The van der Waals surface area contributed by atoms with Gasteiger partial charge < -0.3 is 9.13 Å². The predicted octanol–water partition coefficient (Wildman–Crippen LogP) is 26.6. The molecule has 0 saturated carbocycles. The molecule has 0 fully saturated rings. The molecule has 3 aliphatic carbocycles. The molecule has 23 rings (SSSR count). The molecule has 0 N–H and O–H groups in total. The van der Waals surface area contributed by atoms with E-state index in [9.17, 15) is 0 Å². The Balaban J connectivity index is 0.755. The average Bonchev–Trinajstić information content (AvgIpc) is 1.49. The molecular formula is C96H58N2S2. The van der Waals surface area contributed by atoms with Crippen LogP contribution in [0.15, 0.2) is 315 Å². The van der Waals surface area contributed by atoms with Crippen LogP contribution in [-0.2, 0) is 10.8 Å². The zero-order valence-corrected chi connectivity index (χ0v) is 56.4. The van der Waals surface area contributed by atoms with E-state index in [2.05, 4.69) is 338 Å². The van der Waals surface area contributed by atoms with Crippen molar-refractivity contribution >= 4 is 128 Å². The molecule has 20 aromatic rings. The molecule has 4 aromatic heterocycles. The van der Waals surface area contributed by atoms with Crippen molar-refractivity contribution in [2.24, 2.45) is 0 Å². The fraction of sp³-hybridized carbons (Fsp3) is 0.0417. The van der Waals surface area contributed by atoms with E-state index < -0.39 is 5.41 Å². The molecule has 0 atom stereocenters. The van der Waals surface area contributed by atoms with Gasteiger partial charge >= 0.3 is 0 Å². The average molecular weight is 1300 g/mol. The van der Waals surface area contributed by atoms with Crippen LogP contribution in [0, 0.1) is 0 Å². The highest BCUT2D eigenvalue weighted by Crippen LogP contribution is 2.64. The first kappa shape index (κ1) is 55.1. The highest BCUT2D eigenvalue weighted by molar-refractivity contribution is 7.26. The summed E-state index contributed by atoms with van der Waals surface area (Å²) < 4.78 is 10.3. The van der Waals surface area contributed by atoms with Crippen molar-refractivity contribution in [3.05, 3.63) is 349 Å². The third-order valence-electron chi connectivity index (χ3n) is 23.3. The van der Waals surface area contributed by atoms with Gasteiger partial charge in [0.05, 0.1) is 27.5 Å². The zero-order valence-electron chi connectivity index (χ0n) is 54.7. The van der Waals surface area contributed by atoms with Crippen LogP contribution >= 0.6 is 22.7 Å². The highest BCUT2D eigenvalue weighted by Gasteiger charge is 2.52. The summed E-state index contributed by atoms with van der Waals surface area (Å²) >= 11 is 3.78. The second kappa shape index (κ2) is 19.9. The quantitative estimate of drug-likeness (QED) is 0.163. The van der Waals surface area contributed by atoms with Gasteiger partial charge in [0.15, 0.2) is 0 Å². The lowest BCUT2D eigenvalue weighted by Crippen LogP contribution is -2.25. The lowest BCUT2D eigenvalue weighted by Gasteiger charge is -2.30. The van der Waals surface area contributed by atoms with E-state index >= 15 is 0 Å². The van der Waals surface area contributed by atoms with Gasteiger partial charge in [-0.1, -0.05) is 232 Å². The van der Waals surface area contributed by atoms with Crippen LogP contribution in [0.25, 0.3) is 184 Å². The molecular weight excluding hydrogens is 1250 g/mol. The molecule has 2 nitrogen and oxygen atoms in total. The summed E-state index contributed by atoms with van der Waals surface area (Å²) in [6.45, 7) is 4.80. The fourth-order valence-electron chi connectivity index (χ4n) is 19.0. The molecule has 4 heterocycles. The minimum atomic E-state index is -0.592. The van der Waals surface area contributed by atoms with E-state index in [4.69, 9.17) is 0 Å². The third kappa shape index (κ3) is 7.20. The van der Waals surface area contributed by atoms with E-state index in [-0.39, 0.29) is 5.41 Å². The molecule has 0 saturated heterocycles. The molecule has 100 heavy (non-hydrogen) atoms. The Labute approximate surface area is 584 Å². The number of hydrogen-bond donors (Lipinski definition) is 0. The Morgan fingerprint density at radius 3 is 1.31 bits per heavy atom. The number of hydrogen-bond acceptors (Lipinski definition) is 2. The fourth-order valence-corrected chi connectivity index (χ4v) is 21.3. The summed E-state index contributed by atoms with van der Waals surface area (Å²) in [6, 6.07) is 121. The van der Waals surface area contributed by atoms with E-state index in [0.29, 0.717) is 0 Å². The van der Waals surface area contributed by atoms with Crippen LogP contribution in [0.3, 0.4) is 0 Å². The van der Waals surface area contributed by atoms with E-state index in [1.807, 2.05) is 22.7 Å². The van der Waals surface area contributed by atoms with Crippen LogP contribution in [0.4, 0.5) is 0 Å². The van der Waals surface area contributed by atoms with E-state index in [1.54, 1.807) is 0 Å². The van der Waals surface area contributed by atoms with Gasteiger partial charge in [-0.25, -0.2) is 0 Å². The summed E-state index contributed by atoms with van der Waals surface area (Å²) in [4.78, 5) is 0. The Hall–Kier alpha value is -11.9. The number of nitrogens with zero attached hydrogens (tertiary/aromatic N) is 2. The van der Waals surface area contributed by atoms with Crippen molar-refractivity contribution < 1.29 is 0 Å². The SMILES string of the molecule is CC1(C)c2ccccc2-c2cc3c4c5ccccc5ccc4n(-c4cccc(-c5cc(-c6ccc7c(c6)-c6cc8c9c%10ccccc%10ccc9n(-c9cccc(-c%10cccc%11sc%12ccccc%12c%10%11)c9)c8cc6C76c7ccccc7-c7ccccc76)cc6sc7ccccc7c56)c4)c3cc21. The summed E-state index contributed by atoms with van der Waals surface area (Å²) in [6.07, 6.45) is 0. The first-order valence-electron chi connectivity index (χ1n) is 34.9. The van der Waals surface area contributed by atoms with Crippen molar-refractivity contribution in [3.63, 3.8) is 0 Å². The molecule has 16 aromatic carbocycles. The van der Waals surface area contributed by atoms with Gasteiger partial charge in [-0.3, -0.25) is 0 Å². The van der Waals surface area contributed by atoms with Gasteiger partial charge in [0.1, 0.15) is 0 Å². The van der Waals surface area contributed by atoms with Crippen LogP contribution in [0.1, 0.15) is 47.2 Å².